The number of ether oxygens (including phenoxy) is 2. The van der Waals surface area contributed by atoms with Crippen molar-refractivity contribution in [3.05, 3.63) is 100 Å². The van der Waals surface area contributed by atoms with Gasteiger partial charge < -0.3 is 21.4 Å². The highest BCUT2D eigenvalue weighted by molar-refractivity contribution is 5.79. The molecule has 0 aliphatic carbocycles. The maximum absolute atomic E-state index is 13.7. The molecule has 0 spiro atoms. The Morgan fingerprint density at radius 2 is 1.91 bits per heavy atom. The average Bonchev–Trinajstić information content (AvgIpc) is 3.43. The van der Waals surface area contributed by atoms with Crippen molar-refractivity contribution in [2.45, 2.75) is 64.5 Å². The average molecular weight is 591 g/mol. The zero-order chi connectivity index (χ0) is 29.1. The van der Waals surface area contributed by atoms with Gasteiger partial charge in [-0.1, -0.05) is 35.5 Å². The molecule has 2 aromatic heterocycles. The second kappa shape index (κ2) is 13.1. The molecule has 6 rings (SSSR count). The number of fused-ring (bicyclic) bond motifs is 2. The second-order valence-electron chi connectivity index (χ2n) is 11.5. The number of hydrogen-bond donors (Lipinski definition) is 0. The summed E-state index contributed by atoms with van der Waals surface area (Å²) in [4.78, 5) is 30.8. The maximum Gasteiger partial charge on any atom is 0.512 e. The molecular formula is C33H39FN4O5. The Hall–Kier alpha value is -4.05. The lowest BCUT2D eigenvalue weighted by atomic mass is 9.90. The van der Waals surface area contributed by atoms with Gasteiger partial charge in [0, 0.05) is 60.9 Å². The summed E-state index contributed by atoms with van der Waals surface area (Å²) < 4.78 is 32.5. The molecule has 9 nitrogen and oxygen atoms in total. The lowest BCUT2D eigenvalue weighted by Gasteiger charge is -2.42. The van der Waals surface area contributed by atoms with Crippen molar-refractivity contribution in [1.29, 1.82) is 0 Å². The summed E-state index contributed by atoms with van der Waals surface area (Å²) in [5.74, 6) is 0.649. The molecule has 1 saturated heterocycles. The molecule has 1 fully saturated rings. The number of rotatable bonds is 8. The van der Waals surface area contributed by atoms with Crippen molar-refractivity contribution in [3.63, 3.8) is 0 Å². The van der Waals surface area contributed by atoms with E-state index in [2.05, 4.69) is 5.16 Å². The molecule has 228 valence electrons. The molecule has 0 bridgehead atoms. The van der Waals surface area contributed by atoms with E-state index in [1.807, 2.05) is 41.8 Å². The molecular weight excluding hydrogens is 551 g/mol. The van der Waals surface area contributed by atoms with E-state index in [9.17, 15) is 14.0 Å². The number of aryl methyl sites for hydroxylation is 2. The Morgan fingerprint density at radius 3 is 2.70 bits per heavy atom. The number of nitrogens with zero attached hydrogens (tertiary/aromatic N) is 4. The number of halogens is 1. The van der Waals surface area contributed by atoms with Crippen LogP contribution in [-0.2, 0) is 35.5 Å². The van der Waals surface area contributed by atoms with E-state index in [0.717, 1.165) is 65.8 Å². The highest BCUT2D eigenvalue weighted by Gasteiger charge is 2.38. The molecule has 4 aromatic rings. The molecule has 2 aliphatic heterocycles. The lowest BCUT2D eigenvalue weighted by Crippen LogP contribution is -2.55. The Bertz CT molecular complexity index is 1630. The molecule has 10 heteroatoms. The molecule has 0 saturated carbocycles. The van der Waals surface area contributed by atoms with Gasteiger partial charge in [-0.2, -0.15) is 0 Å². The van der Waals surface area contributed by atoms with E-state index >= 15 is 0 Å². The first-order valence-electron chi connectivity index (χ1n) is 14.7. The van der Waals surface area contributed by atoms with Gasteiger partial charge in [0.2, 0.25) is 6.73 Å². The van der Waals surface area contributed by atoms with Crippen molar-refractivity contribution in [2.24, 2.45) is 0 Å². The van der Waals surface area contributed by atoms with Crippen molar-refractivity contribution in [1.82, 2.24) is 14.7 Å². The third kappa shape index (κ3) is 6.64. The zero-order valence-electron chi connectivity index (χ0n) is 24.9. The Kier molecular flexibility index (Phi) is 9.25. The molecule has 2 aliphatic rings. The van der Waals surface area contributed by atoms with E-state index in [0.29, 0.717) is 42.7 Å². The molecule has 4 heterocycles. The highest BCUT2D eigenvalue weighted by atomic mass is 19.1. The lowest BCUT2D eigenvalue weighted by molar-refractivity contribution is -0.948. The van der Waals surface area contributed by atoms with Gasteiger partial charge in [-0.05, 0) is 37.5 Å². The molecule has 43 heavy (non-hydrogen) atoms. The number of likely N-dealkylation sites (tertiary alicyclic amines) is 1. The first-order valence-corrected chi connectivity index (χ1v) is 14.7. The molecule has 0 N–H and O–H groups in total. The minimum atomic E-state index is -0.713. The van der Waals surface area contributed by atoms with Crippen molar-refractivity contribution >= 4 is 17.1 Å². The summed E-state index contributed by atoms with van der Waals surface area (Å²) in [6, 6.07) is 14.0. The molecule has 2 aromatic carbocycles. The number of hydrogen-bond acceptors (Lipinski definition) is 7. The van der Waals surface area contributed by atoms with Crippen molar-refractivity contribution in [3.8, 4) is 0 Å². The number of carbonyl (C=O) groups excluding carboxylic acids is 1. The SMILES string of the molecule is Cc1nc2n(c(=O)c1CC[N+]1(COC(=O)OCc3ccccc3)CCC(c3noc4cc(F)ccc34)CC1)CCCC2.[CH3-]. The standard InChI is InChI=1S/C32H36FN4O5.CH3/c1-22-26(31(38)36-15-6-5-9-29(36)34-22)14-18-37(21-41-32(39)40-20-23-7-3-2-4-8-23)16-12-24(13-17-37)30-27-11-10-25(33)19-28(27)42-35-30;/h2-4,7-8,10-11,19,24H,5-6,9,12-18,20-21H2,1H3;1H3/q+1;-1. The van der Waals surface area contributed by atoms with Crippen LogP contribution in [-0.4, -0.2) is 51.7 Å². The van der Waals surface area contributed by atoms with E-state index in [4.69, 9.17) is 19.0 Å². The number of aromatic nitrogens is 3. The second-order valence-corrected chi connectivity index (χ2v) is 11.5. The van der Waals surface area contributed by atoms with Crippen LogP contribution in [0.15, 0.2) is 57.8 Å². The summed E-state index contributed by atoms with van der Waals surface area (Å²) in [6.07, 6.45) is 4.26. The van der Waals surface area contributed by atoms with Gasteiger partial charge in [0.15, 0.2) is 5.58 Å². The fraction of sp³-hybridized carbons (Fsp3) is 0.424. The monoisotopic (exact) mass is 590 g/mol. The van der Waals surface area contributed by atoms with Crippen LogP contribution in [0.2, 0.25) is 0 Å². The Balaban J connectivity index is 0.00000368. The zero-order valence-corrected chi connectivity index (χ0v) is 24.9. The largest absolute Gasteiger partial charge is 0.512 e. The number of piperidine rings is 1. The summed E-state index contributed by atoms with van der Waals surface area (Å²) >= 11 is 0. The van der Waals surface area contributed by atoms with Crippen LogP contribution in [0.5, 0.6) is 0 Å². The number of benzene rings is 2. The minimum absolute atomic E-state index is 0. The molecule has 0 radical (unpaired) electrons. The molecule has 0 amide bonds. The smallest absolute Gasteiger partial charge is 0.429 e. The van der Waals surface area contributed by atoms with E-state index < -0.39 is 6.16 Å². The van der Waals surface area contributed by atoms with Crippen LogP contribution in [0.1, 0.15) is 59.9 Å². The third-order valence-electron chi connectivity index (χ3n) is 8.82. The summed E-state index contributed by atoms with van der Waals surface area (Å²) in [6.45, 7) is 4.96. The van der Waals surface area contributed by atoms with Gasteiger partial charge in [-0.15, -0.1) is 0 Å². The molecule has 0 unspecified atom stereocenters. The van der Waals surface area contributed by atoms with Crippen molar-refractivity contribution in [2.75, 3.05) is 26.4 Å². The van der Waals surface area contributed by atoms with Gasteiger partial charge in [-0.25, -0.2) is 14.2 Å². The summed E-state index contributed by atoms with van der Waals surface area (Å²) in [5.41, 5.74) is 3.72. The highest BCUT2D eigenvalue weighted by Crippen LogP contribution is 2.35. The Labute approximate surface area is 250 Å². The maximum atomic E-state index is 13.7. The van der Waals surface area contributed by atoms with E-state index in [1.54, 1.807) is 6.07 Å². The van der Waals surface area contributed by atoms with Gasteiger partial charge in [0.05, 0.1) is 25.3 Å². The van der Waals surface area contributed by atoms with Crippen LogP contribution < -0.4 is 5.56 Å². The Morgan fingerprint density at radius 1 is 1.12 bits per heavy atom. The normalized spacial score (nSPS) is 19.8. The van der Waals surface area contributed by atoms with Gasteiger partial charge in [0.1, 0.15) is 18.2 Å². The van der Waals surface area contributed by atoms with E-state index in [-0.39, 0.29) is 38.1 Å². The first-order chi connectivity index (χ1) is 20.4. The topological polar surface area (TPSA) is 96.5 Å². The molecule has 0 atom stereocenters. The fourth-order valence-corrected chi connectivity index (χ4v) is 6.35. The third-order valence-corrected chi connectivity index (χ3v) is 8.82. The quantitative estimate of drug-likeness (QED) is 0.144. The van der Waals surface area contributed by atoms with Crippen LogP contribution >= 0.6 is 0 Å². The minimum Gasteiger partial charge on any atom is -0.429 e. The van der Waals surface area contributed by atoms with Gasteiger partial charge in [-0.3, -0.25) is 13.8 Å². The van der Waals surface area contributed by atoms with Crippen LogP contribution in [0.3, 0.4) is 0 Å². The van der Waals surface area contributed by atoms with Crippen LogP contribution in [0.4, 0.5) is 9.18 Å². The van der Waals surface area contributed by atoms with Crippen LogP contribution in [0.25, 0.3) is 11.0 Å². The first kappa shape index (κ1) is 30.4. The predicted molar refractivity (Wildman–Crippen MR) is 160 cm³/mol. The predicted octanol–water partition coefficient (Wildman–Crippen LogP) is 5.87. The summed E-state index contributed by atoms with van der Waals surface area (Å²) in [7, 11) is 0. The number of carbonyl (C=O) groups is 1. The number of quaternary nitrogens is 1. The van der Waals surface area contributed by atoms with Crippen molar-refractivity contribution < 1.29 is 27.7 Å². The fourth-order valence-electron chi connectivity index (χ4n) is 6.35. The van der Waals surface area contributed by atoms with Gasteiger partial charge in [0.25, 0.3) is 5.56 Å². The van der Waals surface area contributed by atoms with E-state index in [1.165, 1.54) is 12.1 Å². The van der Waals surface area contributed by atoms with Gasteiger partial charge >= 0.3 is 6.16 Å². The summed E-state index contributed by atoms with van der Waals surface area (Å²) in [5, 5.41) is 5.11. The van der Waals surface area contributed by atoms with Crippen LogP contribution in [0, 0.1) is 20.2 Å².